The number of thioether (sulfide) groups is 1. The molecule has 0 N–H and O–H groups in total. The standard InChI is InChI=1S/C16H21Cl2NO2S/c1-9(2)14-19(15(21-5)16(3,4)22-14)13(20)10-6-11(17)8-12(18)7-10/h6-9,14-15H,1-5H3. The first-order chi connectivity index (χ1) is 10.2. The van der Waals surface area contributed by atoms with Gasteiger partial charge in [-0.05, 0) is 38.0 Å². The van der Waals surface area contributed by atoms with Crippen molar-refractivity contribution in [3.8, 4) is 0 Å². The Balaban J connectivity index is 2.43. The molecule has 1 heterocycles. The molecule has 22 heavy (non-hydrogen) atoms. The molecule has 6 heteroatoms. The molecule has 1 aromatic rings. The van der Waals surface area contributed by atoms with Gasteiger partial charge in [0.05, 0.1) is 10.1 Å². The summed E-state index contributed by atoms with van der Waals surface area (Å²) in [5.74, 6) is 0.205. The summed E-state index contributed by atoms with van der Waals surface area (Å²) in [6.07, 6.45) is -0.296. The normalized spacial score (nSPS) is 24.1. The van der Waals surface area contributed by atoms with Crippen molar-refractivity contribution < 1.29 is 9.53 Å². The first-order valence-corrected chi connectivity index (χ1v) is 8.80. The van der Waals surface area contributed by atoms with Crippen LogP contribution in [0.3, 0.4) is 0 Å². The lowest BCUT2D eigenvalue weighted by Gasteiger charge is -2.32. The Kier molecular flexibility index (Phi) is 5.38. The van der Waals surface area contributed by atoms with Gasteiger partial charge in [0.15, 0.2) is 0 Å². The Bertz CT molecular complexity index is 557. The molecule has 1 aliphatic rings. The van der Waals surface area contributed by atoms with E-state index < -0.39 is 0 Å². The lowest BCUT2D eigenvalue weighted by Crippen LogP contribution is -2.48. The van der Waals surface area contributed by atoms with Crippen molar-refractivity contribution in [2.24, 2.45) is 5.92 Å². The molecule has 2 atom stereocenters. The number of hydrogen-bond donors (Lipinski definition) is 0. The second kappa shape index (κ2) is 6.60. The van der Waals surface area contributed by atoms with Crippen LogP contribution in [-0.2, 0) is 4.74 Å². The van der Waals surface area contributed by atoms with Crippen LogP contribution >= 0.6 is 35.0 Å². The number of carbonyl (C=O) groups is 1. The smallest absolute Gasteiger partial charge is 0.256 e. The van der Waals surface area contributed by atoms with Gasteiger partial charge in [0.1, 0.15) is 6.23 Å². The lowest BCUT2D eigenvalue weighted by atomic mass is 10.1. The maximum absolute atomic E-state index is 13.0. The number of rotatable bonds is 3. The number of carbonyl (C=O) groups excluding carboxylic acids is 1. The number of nitrogens with zero attached hydrogens (tertiary/aromatic N) is 1. The van der Waals surface area contributed by atoms with E-state index in [2.05, 4.69) is 27.7 Å². The van der Waals surface area contributed by atoms with Gasteiger partial charge in [-0.15, -0.1) is 11.8 Å². The molecule has 122 valence electrons. The fraction of sp³-hybridized carbons (Fsp3) is 0.562. The molecule has 1 saturated heterocycles. The van der Waals surface area contributed by atoms with Crippen LogP contribution in [0.1, 0.15) is 38.1 Å². The summed E-state index contributed by atoms with van der Waals surface area (Å²) < 4.78 is 5.46. The van der Waals surface area contributed by atoms with Crippen molar-refractivity contribution in [3.05, 3.63) is 33.8 Å². The predicted octanol–water partition coefficient (Wildman–Crippen LogP) is 4.92. The van der Waals surface area contributed by atoms with Crippen LogP contribution in [0.4, 0.5) is 0 Å². The highest BCUT2D eigenvalue weighted by Crippen LogP contribution is 2.47. The second-order valence-corrected chi connectivity index (χ2v) is 8.96. The third kappa shape index (κ3) is 3.40. The first kappa shape index (κ1) is 17.9. The quantitative estimate of drug-likeness (QED) is 0.765. The van der Waals surface area contributed by atoms with E-state index in [1.807, 2.05) is 4.90 Å². The van der Waals surface area contributed by atoms with E-state index in [0.29, 0.717) is 21.5 Å². The second-order valence-electron chi connectivity index (χ2n) is 6.31. The molecular weight excluding hydrogens is 341 g/mol. The number of ether oxygens (including phenoxy) is 1. The third-order valence-corrected chi connectivity index (χ3v) is 5.94. The number of methoxy groups -OCH3 is 1. The van der Waals surface area contributed by atoms with Crippen molar-refractivity contribution in [3.63, 3.8) is 0 Å². The predicted molar refractivity (Wildman–Crippen MR) is 93.7 cm³/mol. The van der Waals surface area contributed by atoms with Crippen LogP contribution in [0, 0.1) is 5.92 Å². The summed E-state index contributed by atoms with van der Waals surface area (Å²) in [4.78, 5) is 14.9. The summed E-state index contributed by atoms with van der Waals surface area (Å²) >= 11 is 13.8. The molecule has 1 fully saturated rings. The number of hydrogen-bond acceptors (Lipinski definition) is 3. The average molecular weight is 362 g/mol. The molecule has 0 spiro atoms. The van der Waals surface area contributed by atoms with Crippen LogP contribution in [-0.4, -0.2) is 34.3 Å². The highest BCUT2D eigenvalue weighted by Gasteiger charge is 2.50. The van der Waals surface area contributed by atoms with Crippen molar-refractivity contribution in [2.45, 2.75) is 44.0 Å². The van der Waals surface area contributed by atoms with Crippen LogP contribution in [0.25, 0.3) is 0 Å². The lowest BCUT2D eigenvalue weighted by molar-refractivity contribution is -0.0347. The highest BCUT2D eigenvalue weighted by molar-refractivity contribution is 8.01. The van der Waals surface area contributed by atoms with E-state index in [1.54, 1.807) is 37.1 Å². The highest BCUT2D eigenvalue weighted by atomic mass is 35.5. The molecule has 2 rings (SSSR count). The van der Waals surface area contributed by atoms with Gasteiger partial charge in [0, 0.05) is 22.7 Å². The minimum Gasteiger partial charge on any atom is -0.360 e. The fourth-order valence-corrected chi connectivity index (χ4v) is 4.86. The maximum Gasteiger partial charge on any atom is 0.256 e. The average Bonchev–Trinajstić information content (AvgIpc) is 2.67. The van der Waals surface area contributed by atoms with Gasteiger partial charge < -0.3 is 4.74 Å². The summed E-state index contributed by atoms with van der Waals surface area (Å²) in [5.41, 5.74) is 0.489. The van der Waals surface area contributed by atoms with E-state index in [1.165, 1.54) is 0 Å². The largest absolute Gasteiger partial charge is 0.360 e. The molecule has 1 aliphatic heterocycles. The zero-order chi connectivity index (χ0) is 16.7. The fourth-order valence-electron chi connectivity index (χ4n) is 2.80. The minimum absolute atomic E-state index is 0.0465. The molecule has 1 aromatic carbocycles. The van der Waals surface area contributed by atoms with Gasteiger partial charge in [0.25, 0.3) is 5.91 Å². The minimum atomic E-state index is -0.296. The van der Waals surface area contributed by atoms with Gasteiger partial charge >= 0.3 is 0 Å². The number of amides is 1. The Morgan fingerprint density at radius 2 is 1.82 bits per heavy atom. The summed E-state index contributed by atoms with van der Waals surface area (Å²) in [6.45, 7) is 8.41. The molecular formula is C16H21Cl2NO2S. The van der Waals surface area contributed by atoms with Crippen LogP contribution in [0.5, 0.6) is 0 Å². The third-order valence-electron chi connectivity index (χ3n) is 3.68. The van der Waals surface area contributed by atoms with Crippen LogP contribution in [0.15, 0.2) is 18.2 Å². The van der Waals surface area contributed by atoms with E-state index in [9.17, 15) is 4.79 Å². The van der Waals surface area contributed by atoms with Gasteiger partial charge in [-0.2, -0.15) is 0 Å². The zero-order valence-corrected chi connectivity index (χ0v) is 15.7. The molecule has 1 amide bonds. The van der Waals surface area contributed by atoms with E-state index in [-0.39, 0.29) is 22.3 Å². The van der Waals surface area contributed by atoms with Crippen LogP contribution in [0.2, 0.25) is 10.0 Å². The van der Waals surface area contributed by atoms with E-state index >= 15 is 0 Å². The molecule has 0 saturated carbocycles. The van der Waals surface area contributed by atoms with Crippen molar-refractivity contribution in [2.75, 3.05) is 7.11 Å². The Morgan fingerprint density at radius 1 is 1.27 bits per heavy atom. The van der Waals surface area contributed by atoms with Gasteiger partial charge in [-0.3, -0.25) is 9.69 Å². The van der Waals surface area contributed by atoms with Crippen molar-refractivity contribution in [1.82, 2.24) is 4.90 Å². The Morgan fingerprint density at radius 3 is 2.27 bits per heavy atom. The van der Waals surface area contributed by atoms with Crippen LogP contribution < -0.4 is 0 Å². The number of benzene rings is 1. The van der Waals surface area contributed by atoms with Gasteiger partial charge in [-0.1, -0.05) is 37.0 Å². The zero-order valence-electron chi connectivity index (χ0n) is 13.4. The van der Waals surface area contributed by atoms with E-state index in [0.717, 1.165) is 0 Å². The summed E-state index contributed by atoms with van der Waals surface area (Å²) in [6, 6.07) is 4.92. The SMILES string of the molecule is COC1N(C(=O)c2cc(Cl)cc(Cl)c2)C(C(C)C)SC1(C)C. The monoisotopic (exact) mass is 361 g/mol. The first-order valence-electron chi connectivity index (χ1n) is 7.16. The summed E-state index contributed by atoms with van der Waals surface area (Å²) in [7, 11) is 1.64. The van der Waals surface area contributed by atoms with Gasteiger partial charge in [0.2, 0.25) is 0 Å². The van der Waals surface area contributed by atoms with Gasteiger partial charge in [-0.25, -0.2) is 0 Å². The molecule has 2 unspecified atom stereocenters. The molecule has 0 bridgehead atoms. The topological polar surface area (TPSA) is 29.5 Å². The molecule has 0 aromatic heterocycles. The Labute approximate surface area is 146 Å². The molecule has 3 nitrogen and oxygen atoms in total. The van der Waals surface area contributed by atoms with Crippen molar-refractivity contribution >= 4 is 40.9 Å². The number of halogens is 2. The summed E-state index contributed by atoms with van der Waals surface area (Å²) in [5, 5.41) is 0.958. The maximum atomic E-state index is 13.0. The van der Waals surface area contributed by atoms with E-state index in [4.69, 9.17) is 27.9 Å². The Hall–Kier alpha value is -0.420. The molecule has 0 aliphatic carbocycles. The van der Waals surface area contributed by atoms with Crippen molar-refractivity contribution in [1.29, 1.82) is 0 Å². The molecule has 0 radical (unpaired) electrons.